The second kappa shape index (κ2) is 14.3. The van der Waals surface area contributed by atoms with Gasteiger partial charge in [-0.1, -0.05) is 31.9 Å². The van der Waals surface area contributed by atoms with Crippen molar-refractivity contribution in [1.82, 2.24) is 9.55 Å². The molecule has 0 amide bonds. The highest BCUT2D eigenvalue weighted by Crippen LogP contribution is 2.53. The van der Waals surface area contributed by atoms with E-state index in [2.05, 4.69) is 24.6 Å². The highest BCUT2D eigenvalue weighted by atomic mass is 32.1. The number of rotatable bonds is 15. The van der Waals surface area contributed by atoms with Crippen LogP contribution in [-0.2, 0) is 33.6 Å². The molecular formula is C34H43F5N2O4SSi. The minimum atomic E-state index is -4.78. The number of nitrogens with zero attached hydrogens (tertiary/aromatic N) is 2. The Morgan fingerprint density at radius 3 is 2.28 bits per heavy atom. The molecule has 0 atom stereocenters. The number of thiocarbonyl (C=S) groups is 1. The second-order valence-corrected chi connectivity index (χ2v) is 20.9. The molecule has 0 unspecified atom stereocenters. The highest BCUT2D eigenvalue weighted by molar-refractivity contribution is 7.80. The molecule has 0 radical (unpaired) electrons. The van der Waals surface area contributed by atoms with Gasteiger partial charge in [-0.25, -0.2) is 13.8 Å². The molecule has 0 N–H and O–H groups in total. The molecule has 13 heteroatoms. The minimum absolute atomic E-state index is 0.0271. The van der Waals surface area contributed by atoms with Crippen molar-refractivity contribution in [3.05, 3.63) is 53.4 Å². The standard InChI is InChI=1S/C34H43F5N2O4SSi/c1-32(2,3)45-28(42)8-11-33(12-13-33)10-7-23(46)17-22-18-25(35)30(26(36)19-22)44-27-9-14-40-31-29(27)24(34(37,38)39)20-41(31)21-43-15-16-47(4,5)6/h9,14,18-20H,7-8,10-13,15-17,21H2,1-6H3. The molecule has 47 heavy (non-hydrogen) atoms. The number of aromatic nitrogens is 2. The summed E-state index contributed by atoms with van der Waals surface area (Å²) < 4.78 is 90.6. The number of pyridine rings is 1. The monoisotopic (exact) mass is 698 g/mol. The number of alkyl halides is 3. The van der Waals surface area contributed by atoms with Gasteiger partial charge >= 0.3 is 12.1 Å². The highest BCUT2D eigenvalue weighted by Gasteiger charge is 2.42. The smallest absolute Gasteiger partial charge is 0.418 e. The molecule has 0 saturated heterocycles. The Labute approximate surface area is 279 Å². The lowest BCUT2D eigenvalue weighted by molar-refractivity contribution is -0.155. The van der Waals surface area contributed by atoms with Crippen LogP contribution in [0, 0.1) is 17.0 Å². The summed E-state index contributed by atoms with van der Waals surface area (Å²) in [5.74, 6) is -3.57. The van der Waals surface area contributed by atoms with E-state index in [1.807, 2.05) is 20.8 Å². The quantitative estimate of drug-likeness (QED) is 0.0518. The predicted octanol–water partition coefficient (Wildman–Crippen LogP) is 10.0. The first-order valence-corrected chi connectivity index (χ1v) is 19.9. The Kier molecular flexibility index (Phi) is 11.2. The molecular weight excluding hydrogens is 656 g/mol. The van der Waals surface area contributed by atoms with Gasteiger partial charge in [-0.15, -0.1) is 0 Å². The van der Waals surface area contributed by atoms with E-state index in [9.17, 15) is 18.0 Å². The molecule has 4 rings (SSSR count). The molecule has 0 aliphatic heterocycles. The van der Waals surface area contributed by atoms with E-state index in [-0.39, 0.29) is 41.5 Å². The summed E-state index contributed by atoms with van der Waals surface area (Å²) in [6.07, 6.45) is 1.78. The minimum Gasteiger partial charge on any atom is -0.460 e. The van der Waals surface area contributed by atoms with E-state index in [0.29, 0.717) is 30.7 Å². The van der Waals surface area contributed by atoms with Crippen molar-refractivity contribution in [2.45, 2.75) is 110 Å². The van der Waals surface area contributed by atoms with Gasteiger partial charge in [-0.3, -0.25) is 4.79 Å². The summed E-state index contributed by atoms with van der Waals surface area (Å²) in [5.41, 5.74) is -1.35. The lowest BCUT2D eigenvalue weighted by atomic mass is 9.92. The Hall–Kier alpha value is -2.90. The van der Waals surface area contributed by atoms with Crippen LogP contribution in [0.4, 0.5) is 22.0 Å². The number of ether oxygens (including phenoxy) is 3. The fourth-order valence-corrected chi connectivity index (χ4v) is 6.36. The summed E-state index contributed by atoms with van der Waals surface area (Å²) in [5, 5.41) is -0.418. The first-order valence-electron chi connectivity index (χ1n) is 15.8. The van der Waals surface area contributed by atoms with Crippen molar-refractivity contribution >= 4 is 42.2 Å². The number of hydrogen-bond acceptors (Lipinski definition) is 6. The zero-order valence-electron chi connectivity index (χ0n) is 27.8. The maximum atomic E-state index is 15.3. The Morgan fingerprint density at radius 2 is 1.70 bits per heavy atom. The number of fused-ring (bicyclic) bond motifs is 1. The SMILES string of the molecule is CC(C)(C)OC(=O)CCC1(CCC(=S)Cc2cc(F)c(Oc3ccnc4c3c(C(F)(F)F)cn4COCC[Si](C)(C)C)c(F)c2)CC1. The van der Waals surface area contributed by atoms with E-state index in [1.54, 1.807) is 0 Å². The van der Waals surface area contributed by atoms with Crippen LogP contribution in [0.15, 0.2) is 30.6 Å². The largest absolute Gasteiger partial charge is 0.460 e. The van der Waals surface area contributed by atoms with Gasteiger partial charge < -0.3 is 18.8 Å². The number of benzene rings is 1. The van der Waals surface area contributed by atoms with Crippen molar-refractivity contribution in [3.8, 4) is 11.5 Å². The predicted molar refractivity (Wildman–Crippen MR) is 178 cm³/mol. The summed E-state index contributed by atoms with van der Waals surface area (Å²) in [6.45, 7) is 12.2. The molecule has 2 aromatic heterocycles. The van der Waals surface area contributed by atoms with Gasteiger partial charge in [0, 0.05) is 39.9 Å². The zero-order chi connectivity index (χ0) is 34.8. The van der Waals surface area contributed by atoms with Crippen LogP contribution in [0.25, 0.3) is 11.0 Å². The average molecular weight is 699 g/mol. The number of esters is 1. The second-order valence-electron chi connectivity index (χ2n) is 14.7. The number of carbonyl (C=O) groups excluding carboxylic acids is 1. The molecule has 0 spiro atoms. The van der Waals surface area contributed by atoms with Crippen molar-refractivity contribution in [2.75, 3.05) is 6.61 Å². The van der Waals surface area contributed by atoms with Crippen molar-refractivity contribution in [1.29, 1.82) is 0 Å². The van der Waals surface area contributed by atoms with Crippen LogP contribution >= 0.6 is 12.2 Å². The lowest BCUT2D eigenvalue weighted by Gasteiger charge is -2.21. The average Bonchev–Trinajstić information content (AvgIpc) is 3.60. The Morgan fingerprint density at radius 1 is 1.06 bits per heavy atom. The Bertz CT molecular complexity index is 1580. The van der Waals surface area contributed by atoms with Crippen LogP contribution in [0.2, 0.25) is 25.7 Å². The van der Waals surface area contributed by atoms with Crippen LogP contribution in [0.1, 0.15) is 70.4 Å². The molecule has 1 aromatic carbocycles. The number of hydrogen-bond donors (Lipinski definition) is 0. The summed E-state index contributed by atoms with van der Waals surface area (Å²) >= 11 is 5.53. The molecule has 1 fully saturated rings. The van der Waals surface area contributed by atoms with Gasteiger partial charge in [0.25, 0.3) is 0 Å². The van der Waals surface area contributed by atoms with Crippen molar-refractivity contribution < 1.29 is 41.0 Å². The fourth-order valence-electron chi connectivity index (χ4n) is 5.33. The van der Waals surface area contributed by atoms with E-state index in [0.717, 1.165) is 49.7 Å². The van der Waals surface area contributed by atoms with Crippen LogP contribution in [0.3, 0.4) is 0 Å². The normalized spacial score (nSPS) is 14.8. The van der Waals surface area contributed by atoms with Crippen LogP contribution < -0.4 is 4.74 Å². The third kappa shape index (κ3) is 10.5. The van der Waals surface area contributed by atoms with Crippen LogP contribution in [-0.4, -0.2) is 40.7 Å². The number of carbonyl (C=O) groups is 1. The molecule has 1 saturated carbocycles. The third-order valence-corrected chi connectivity index (χ3v) is 10.1. The first-order chi connectivity index (χ1) is 21.8. The summed E-state index contributed by atoms with van der Waals surface area (Å²) in [6, 6.07) is 4.14. The first kappa shape index (κ1) is 36.9. The van der Waals surface area contributed by atoms with Crippen LogP contribution in [0.5, 0.6) is 11.5 Å². The molecule has 3 aromatic rings. The Balaban J connectivity index is 1.44. The maximum Gasteiger partial charge on any atom is 0.418 e. The van der Waals surface area contributed by atoms with Gasteiger partial charge in [0.1, 0.15) is 23.7 Å². The van der Waals surface area contributed by atoms with Gasteiger partial charge in [0.15, 0.2) is 17.4 Å². The molecule has 2 heterocycles. The zero-order valence-corrected chi connectivity index (χ0v) is 29.6. The fraction of sp³-hybridized carbons (Fsp3) is 0.559. The molecule has 0 bridgehead atoms. The van der Waals surface area contributed by atoms with Gasteiger partial charge in [-0.05, 0) is 93.0 Å². The molecule has 6 nitrogen and oxygen atoms in total. The van der Waals surface area contributed by atoms with E-state index in [1.165, 1.54) is 10.8 Å². The van der Waals surface area contributed by atoms with E-state index < -0.39 is 48.2 Å². The van der Waals surface area contributed by atoms with Crippen molar-refractivity contribution in [2.24, 2.45) is 5.41 Å². The molecule has 1 aliphatic rings. The third-order valence-electron chi connectivity index (χ3n) is 8.09. The molecule has 1 aliphatic carbocycles. The summed E-state index contributed by atoms with van der Waals surface area (Å²) in [7, 11) is -1.41. The number of halogens is 5. The van der Waals surface area contributed by atoms with E-state index in [4.69, 9.17) is 26.4 Å². The van der Waals surface area contributed by atoms with Crippen molar-refractivity contribution in [3.63, 3.8) is 0 Å². The topological polar surface area (TPSA) is 62.6 Å². The molecule has 258 valence electrons. The van der Waals surface area contributed by atoms with E-state index >= 15 is 8.78 Å². The van der Waals surface area contributed by atoms with Gasteiger partial charge in [-0.2, -0.15) is 13.2 Å². The van der Waals surface area contributed by atoms with Gasteiger partial charge in [0.05, 0.1) is 10.9 Å². The summed E-state index contributed by atoms with van der Waals surface area (Å²) in [4.78, 5) is 16.8. The maximum absolute atomic E-state index is 15.3. The lowest BCUT2D eigenvalue weighted by Crippen LogP contribution is -2.24. The van der Waals surface area contributed by atoms with Gasteiger partial charge in [0.2, 0.25) is 0 Å².